The van der Waals surface area contributed by atoms with Crippen molar-refractivity contribution < 1.29 is 19.0 Å². The number of aliphatic imine (C=N–C) groups is 1. The molecule has 0 spiro atoms. The molecule has 1 heterocycles. The van der Waals surface area contributed by atoms with E-state index >= 15 is 0 Å². The number of rotatable bonds is 6. The summed E-state index contributed by atoms with van der Waals surface area (Å²) in [6.07, 6.45) is 1.61. The predicted octanol–water partition coefficient (Wildman–Crippen LogP) is 7.29. The van der Waals surface area contributed by atoms with Crippen molar-refractivity contribution >= 4 is 79.7 Å². The van der Waals surface area contributed by atoms with Crippen LogP contribution < -0.4 is 9.47 Å². The molecule has 0 fully saturated rings. The molecule has 0 N–H and O–H groups in total. The first-order chi connectivity index (χ1) is 15.8. The Morgan fingerprint density at radius 2 is 1.97 bits per heavy atom. The van der Waals surface area contributed by atoms with E-state index in [0.29, 0.717) is 43.8 Å². The average molecular weight is 659 g/mol. The van der Waals surface area contributed by atoms with E-state index < -0.39 is 5.97 Å². The highest BCUT2D eigenvalue weighted by Gasteiger charge is 2.26. The zero-order valence-electron chi connectivity index (χ0n) is 17.1. The highest BCUT2D eigenvalue weighted by atomic mass is 127. The second kappa shape index (κ2) is 10.5. The van der Waals surface area contributed by atoms with Gasteiger partial charge in [-0.05, 0) is 98.2 Å². The summed E-state index contributed by atoms with van der Waals surface area (Å²) in [4.78, 5) is 16.7. The average Bonchev–Trinajstić information content (AvgIpc) is 3.12. The first-order valence-electron chi connectivity index (χ1n) is 9.57. The Kier molecular flexibility index (Phi) is 7.63. The van der Waals surface area contributed by atoms with Crippen LogP contribution in [-0.4, -0.2) is 19.0 Å². The van der Waals surface area contributed by atoms with Crippen LogP contribution in [0, 0.1) is 3.57 Å². The third-order valence-corrected chi connectivity index (χ3v) is 6.42. The molecule has 1 aliphatic rings. The summed E-state index contributed by atoms with van der Waals surface area (Å²) < 4.78 is 18.6. The summed E-state index contributed by atoms with van der Waals surface area (Å²) in [6.45, 7) is 0.383. The van der Waals surface area contributed by atoms with E-state index in [0.717, 1.165) is 9.13 Å². The number of nitrogens with zero attached hydrogens (tertiary/aromatic N) is 1. The molecule has 3 aromatic rings. The molecule has 0 aromatic heterocycles. The van der Waals surface area contributed by atoms with E-state index in [9.17, 15) is 4.79 Å². The quantitative estimate of drug-likeness (QED) is 0.159. The Hall–Kier alpha value is -2.07. The van der Waals surface area contributed by atoms with Gasteiger partial charge in [0.05, 0.1) is 22.2 Å². The van der Waals surface area contributed by atoms with E-state index in [-0.39, 0.29) is 11.6 Å². The van der Waals surface area contributed by atoms with Crippen LogP contribution in [0.4, 0.5) is 0 Å². The van der Waals surface area contributed by atoms with Crippen LogP contribution in [0.1, 0.15) is 16.7 Å². The maximum Gasteiger partial charge on any atom is 0.363 e. The lowest BCUT2D eigenvalue weighted by atomic mass is 10.1. The van der Waals surface area contributed by atoms with Gasteiger partial charge >= 0.3 is 5.97 Å². The number of carbonyl (C=O) groups excluding carboxylic acids is 1. The smallest absolute Gasteiger partial charge is 0.363 e. The lowest BCUT2D eigenvalue weighted by molar-refractivity contribution is -0.129. The first kappa shape index (κ1) is 24.1. The van der Waals surface area contributed by atoms with Crippen molar-refractivity contribution in [3.8, 4) is 11.5 Å². The third kappa shape index (κ3) is 5.71. The molecule has 1 aliphatic heterocycles. The third-order valence-electron chi connectivity index (χ3n) is 4.61. The number of hydrogen-bond donors (Lipinski definition) is 0. The minimum atomic E-state index is -0.579. The van der Waals surface area contributed by atoms with Crippen molar-refractivity contribution in [1.82, 2.24) is 0 Å². The van der Waals surface area contributed by atoms with Gasteiger partial charge in [-0.25, -0.2) is 9.79 Å². The minimum Gasteiger partial charge on any atom is -0.493 e. The SMILES string of the molecule is COc1cc(/C=C2\N=C(c3ccc(Cl)cc3Cl)OC2=O)cc(Br)c1OCc1cccc(I)c1. The molecule has 0 unspecified atom stereocenters. The van der Waals surface area contributed by atoms with E-state index in [1.807, 2.05) is 30.3 Å². The summed E-state index contributed by atoms with van der Waals surface area (Å²) in [5, 5.41) is 0.819. The molecule has 0 atom stereocenters. The van der Waals surface area contributed by atoms with Crippen LogP contribution in [0.3, 0.4) is 0 Å². The fourth-order valence-electron chi connectivity index (χ4n) is 3.09. The lowest BCUT2D eigenvalue weighted by Crippen LogP contribution is -2.05. The maximum atomic E-state index is 12.4. The number of benzene rings is 3. The zero-order chi connectivity index (χ0) is 23.5. The largest absolute Gasteiger partial charge is 0.493 e. The number of hydrogen-bond acceptors (Lipinski definition) is 5. The van der Waals surface area contributed by atoms with E-state index in [1.54, 1.807) is 37.5 Å². The number of ether oxygens (including phenoxy) is 3. The van der Waals surface area contributed by atoms with Crippen molar-refractivity contribution in [1.29, 1.82) is 0 Å². The molecule has 0 amide bonds. The van der Waals surface area contributed by atoms with Gasteiger partial charge in [0.15, 0.2) is 17.2 Å². The predicted molar refractivity (Wildman–Crippen MR) is 141 cm³/mol. The van der Waals surface area contributed by atoms with E-state index in [2.05, 4.69) is 43.5 Å². The Morgan fingerprint density at radius 3 is 2.70 bits per heavy atom. The topological polar surface area (TPSA) is 57.1 Å². The van der Waals surface area contributed by atoms with Crippen molar-refractivity contribution in [3.63, 3.8) is 0 Å². The number of cyclic esters (lactones) is 1. The molecule has 168 valence electrons. The fraction of sp³-hybridized carbons (Fsp3) is 0.0833. The van der Waals surface area contributed by atoms with Gasteiger partial charge in [0, 0.05) is 8.59 Å². The second-order valence-corrected chi connectivity index (χ2v) is 9.86. The minimum absolute atomic E-state index is 0.122. The molecule has 0 aliphatic carbocycles. The van der Waals surface area contributed by atoms with Crippen molar-refractivity contribution in [2.24, 2.45) is 4.99 Å². The van der Waals surface area contributed by atoms with Crippen LogP contribution in [0.25, 0.3) is 6.08 Å². The molecular formula is C24H15BrCl2INO4. The zero-order valence-corrected chi connectivity index (χ0v) is 22.3. The molecule has 3 aromatic carbocycles. The Bertz CT molecular complexity index is 1310. The van der Waals surface area contributed by atoms with E-state index in [1.165, 1.54) is 0 Å². The van der Waals surface area contributed by atoms with Crippen molar-refractivity contribution in [2.75, 3.05) is 7.11 Å². The van der Waals surface area contributed by atoms with Gasteiger partial charge in [0.2, 0.25) is 5.90 Å². The number of esters is 1. The molecule has 9 heteroatoms. The molecule has 0 bridgehead atoms. The Balaban J connectivity index is 1.60. The standard InChI is InChI=1S/C24H15BrCl2INO4/c1-31-21-10-14(8-18(25)22(21)32-12-13-3-2-4-16(28)7-13)9-20-24(30)33-23(29-20)17-6-5-15(26)11-19(17)27/h2-11H,12H2,1H3/b20-9-. The van der Waals surface area contributed by atoms with Gasteiger partial charge in [-0.1, -0.05) is 35.3 Å². The molecule has 0 saturated heterocycles. The number of methoxy groups -OCH3 is 1. The molecular weight excluding hydrogens is 644 g/mol. The molecule has 33 heavy (non-hydrogen) atoms. The summed E-state index contributed by atoms with van der Waals surface area (Å²) >= 11 is 17.9. The van der Waals surface area contributed by atoms with Crippen molar-refractivity contribution in [3.05, 3.63) is 95.1 Å². The fourth-order valence-corrected chi connectivity index (χ4v) is 4.76. The molecule has 0 saturated carbocycles. The molecule has 0 radical (unpaired) electrons. The summed E-state index contributed by atoms with van der Waals surface area (Å²) in [6, 6.07) is 16.5. The van der Waals surface area contributed by atoms with Crippen LogP contribution in [-0.2, 0) is 16.1 Å². The maximum absolute atomic E-state index is 12.4. The molecule has 5 nitrogen and oxygen atoms in total. The first-order valence-corrected chi connectivity index (χ1v) is 12.2. The van der Waals surface area contributed by atoms with Gasteiger partial charge in [0.1, 0.15) is 6.61 Å². The van der Waals surface area contributed by atoms with Crippen LogP contribution in [0.5, 0.6) is 11.5 Å². The van der Waals surface area contributed by atoms with Gasteiger partial charge < -0.3 is 14.2 Å². The summed E-state index contributed by atoms with van der Waals surface area (Å²) in [5.41, 5.74) is 2.34. The summed E-state index contributed by atoms with van der Waals surface area (Å²) in [7, 11) is 1.56. The van der Waals surface area contributed by atoms with Gasteiger partial charge in [-0.2, -0.15) is 0 Å². The van der Waals surface area contributed by atoms with Gasteiger partial charge in [-0.3, -0.25) is 0 Å². The van der Waals surface area contributed by atoms with Crippen molar-refractivity contribution in [2.45, 2.75) is 6.61 Å². The molecule has 4 rings (SSSR count). The number of carbonyl (C=O) groups is 1. The Labute approximate surface area is 222 Å². The Morgan fingerprint density at radius 1 is 1.15 bits per heavy atom. The monoisotopic (exact) mass is 657 g/mol. The highest BCUT2D eigenvalue weighted by molar-refractivity contribution is 14.1. The van der Waals surface area contributed by atoms with Crippen LogP contribution in [0.15, 0.2) is 69.8 Å². The number of halogens is 4. The second-order valence-electron chi connectivity index (χ2n) is 6.91. The van der Waals surface area contributed by atoms with E-state index in [4.69, 9.17) is 37.4 Å². The summed E-state index contributed by atoms with van der Waals surface area (Å²) in [5.74, 6) is 0.615. The van der Waals surface area contributed by atoms with Gasteiger partial charge in [-0.15, -0.1) is 0 Å². The van der Waals surface area contributed by atoms with Gasteiger partial charge in [0.25, 0.3) is 0 Å². The normalized spacial score (nSPS) is 14.3. The van der Waals surface area contributed by atoms with Crippen LogP contribution >= 0.6 is 61.7 Å². The lowest BCUT2D eigenvalue weighted by Gasteiger charge is -2.14. The van der Waals surface area contributed by atoms with Crippen LogP contribution in [0.2, 0.25) is 10.0 Å². The highest BCUT2D eigenvalue weighted by Crippen LogP contribution is 2.38.